The van der Waals surface area contributed by atoms with Crippen LogP contribution in [0, 0.1) is 0 Å². The summed E-state index contributed by atoms with van der Waals surface area (Å²) in [7, 11) is 0. The fourth-order valence-electron chi connectivity index (χ4n) is 0.791. The number of nitrogens with zero attached hydrogens (tertiary/aromatic N) is 1. The molecule has 0 aliphatic rings. The summed E-state index contributed by atoms with van der Waals surface area (Å²) >= 11 is 5.72. The van der Waals surface area contributed by atoms with E-state index < -0.39 is 0 Å². The third kappa shape index (κ3) is 3.95. The van der Waals surface area contributed by atoms with Crippen molar-refractivity contribution in [2.45, 2.75) is 13.3 Å². The van der Waals surface area contributed by atoms with Gasteiger partial charge < -0.3 is 4.84 Å². The molecule has 1 aromatic carbocycles. The lowest BCUT2D eigenvalue weighted by Gasteiger charge is -1.94. The molecular weight excluding hydrogens is 186 g/mol. The smallest absolute Gasteiger partial charge is 0.116 e. The molecule has 0 bridgehead atoms. The van der Waals surface area contributed by atoms with Crippen LogP contribution in [0.2, 0.25) is 5.02 Å². The average molecular weight is 198 g/mol. The first-order chi connectivity index (χ1) is 6.33. The van der Waals surface area contributed by atoms with Crippen LogP contribution in [0.4, 0.5) is 0 Å². The maximum absolute atomic E-state index is 5.72. The van der Waals surface area contributed by atoms with Crippen LogP contribution < -0.4 is 0 Å². The van der Waals surface area contributed by atoms with Gasteiger partial charge in [0, 0.05) is 5.02 Å². The van der Waals surface area contributed by atoms with E-state index in [0.29, 0.717) is 6.61 Å². The van der Waals surface area contributed by atoms with Gasteiger partial charge >= 0.3 is 0 Å². The summed E-state index contributed by atoms with van der Waals surface area (Å²) in [5, 5.41) is 4.52. The Hall–Kier alpha value is -1.02. The Labute approximate surface area is 83.2 Å². The summed E-state index contributed by atoms with van der Waals surface area (Å²) in [6.07, 6.45) is 2.64. The predicted molar refractivity (Wildman–Crippen MR) is 55.3 cm³/mol. The monoisotopic (exact) mass is 197 g/mol. The van der Waals surface area contributed by atoms with Crippen molar-refractivity contribution in [1.82, 2.24) is 0 Å². The van der Waals surface area contributed by atoms with Gasteiger partial charge in [0.25, 0.3) is 0 Å². The van der Waals surface area contributed by atoms with Gasteiger partial charge in [-0.3, -0.25) is 0 Å². The summed E-state index contributed by atoms with van der Waals surface area (Å²) < 4.78 is 0. The first kappa shape index (κ1) is 10.1. The van der Waals surface area contributed by atoms with Gasteiger partial charge in [0.1, 0.15) is 6.61 Å². The molecule has 0 saturated heterocycles. The van der Waals surface area contributed by atoms with Crippen molar-refractivity contribution >= 4 is 17.8 Å². The summed E-state index contributed by atoms with van der Waals surface area (Å²) in [5.74, 6) is 0. The van der Waals surface area contributed by atoms with Crippen molar-refractivity contribution in [3.63, 3.8) is 0 Å². The highest BCUT2D eigenvalue weighted by Gasteiger charge is 1.87. The summed E-state index contributed by atoms with van der Waals surface area (Å²) in [6, 6.07) is 7.42. The normalized spacial score (nSPS) is 10.6. The van der Waals surface area contributed by atoms with E-state index in [9.17, 15) is 0 Å². The zero-order valence-corrected chi connectivity index (χ0v) is 8.29. The van der Waals surface area contributed by atoms with Gasteiger partial charge in [0.2, 0.25) is 0 Å². The second kappa shape index (κ2) is 5.60. The highest BCUT2D eigenvalue weighted by Crippen LogP contribution is 2.07. The Balaban J connectivity index is 2.44. The molecule has 70 valence electrons. The van der Waals surface area contributed by atoms with Crippen molar-refractivity contribution in [3.05, 3.63) is 34.9 Å². The van der Waals surface area contributed by atoms with Gasteiger partial charge in [0.15, 0.2) is 0 Å². The second-order valence-corrected chi connectivity index (χ2v) is 3.06. The largest absolute Gasteiger partial charge is 0.396 e. The maximum Gasteiger partial charge on any atom is 0.116 e. The number of rotatable bonds is 4. The minimum atomic E-state index is 0.657. The van der Waals surface area contributed by atoms with E-state index >= 15 is 0 Å². The van der Waals surface area contributed by atoms with E-state index in [1.807, 2.05) is 31.2 Å². The van der Waals surface area contributed by atoms with Crippen LogP contribution in [0.5, 0.6) is 0 Å². The maximum atomic E-state index is 5.72. The Morgan fingerprint density at radius 3 is 2.69 bits per heavy atom. The molecule has 13 heavy (non-hydrogen) atoms. The molecular formula is C10H12ClNO. The number of halogens is 1. The Bertz CT molecular complexity index is 269. The number of hydrogen-bond donors (Lipinski definition) is 0. The predicted octanol–water partition coefficient (Wildman–Crippen LogP) is 3.10. The Morgan fingerprint density at radius 2 is 2.08 bits per heavy atom. The minimum absolute atomic E-state index is 0.657. The van der Waals surface area contributed by atoms with Crippen molar-refractivity contribution in [2.24, 2.45) is 5.16 Å². The highest BCUT2D eigenvalue weighted by molar-refractivity contribution is 6.30. The average Bonchev–Trinajstić information content (AvgIpc) is 2.15. The molecule has 0 aromatic heterocycles. The van der Waals surface area contributed by atoms with Crippen LogP contribution in [-0.4, -0.2) is 12.8 Å². The molecule has 0 aliphatic carbocycles. The third-order valence-corrected chi connectivity index (χ3v) is 1.69. The summed E-state index contributed by atoms with van der Waals surface area (Å²) in [6.45, 7) is 2.70. The standard InChI is InChI=1S/C10H12ClNO/c1-2-7-13-12-8-9-3-5-10(11)6-4-9/h3-6,8H,2,7H2,1H3. The fraction of sp³-hybridized carbons (Fsp3) is 0.300. The lowest BCUT2D eigenvalue weighted by Crippen LogP contribution is -1.86. The van der Waals surface area contributed by atoms with Gasteiger partial charge in [-0.1, -0.05) is 35.8 Å². The molecule has 1 rings (SSSR count). The molecule has 1 aromatic rings. The summed E-state index contributed by atoms with van der Waals surface area (Å²) in [4.78, 5) is 4.95. The van der Waals surface area contributed by atoms with Crippen LogP contribution in [0.15, 0.2) is 29.4 Å². The molecule has 0 unspecified atom stereocenters. The minimum Gasteiger partial charge on any atom is -0.396 e. The molecule has 0 aliphatic heterocycles. The van der Waals surface area contributed by atoms with Crippen LogP contribution in [-0.2, 0) is 4.84 Å². The zero-order valence-electron chi connectivity index (χ0n) is 7.53. The van der Waals surface area contributed by atoms with E-state index in [0.717, 1.165) is 17.0 Å². The molecule has 0 spiro atoms. The summed E-state index contributed by atoms with van der Waals surface area (Å²) in [5.41, 5.74) is 0.987. The molecule has 0 amide bonds. The Kier molecular flexibility index (Phi) is 4.33. The Morgan fingerprint density at radius 1 is 1.38 bits per heavy atom. The van der Waals surface area contributed by atoms with E-state index in [2.05, 4.69) is 5.16 Å². The number of oxime groups is 1. The van der Waals surface area contributed by atoms with Gasteiger partial charge in [-0.25, -0.2) is 0 Å². The van der Waals surface area contributed by atoms with Crippen LogP contribution >= 0.6 is 11.6 Å². The van der Waals surface area contributed by atoms with E-state index in [4.69, 9.17) is 16.4 Å². The van der Waals surface area contributed by atoms with Crippen LogP contribution in [0.3, 0.4) is 0 Å². The lowest BCUT2D eigenvalue weighted by atomic mass is 10.2. The van der Waals surface area contributed by atoms with Gasteiger partial charge in [-0.05, 0) is 24.1 Å². The lowest BCUT2D eigenvalue weighted by molar-refractivity contribution is 0.146. The first-order valence-corrected chi connectivity index (χ1v) is 4.61. The van der Waals surface area contributed by atoms with Crippen molar-refractivity contribution in [1.29, 1.82) is 0 Å². The molecule has 2 nitrogen and oxygen atoms in total. The fourth-order valence-corrected chi connectivity index (χ4v) is 0.917. The van der Waals surface area contributed by atoms with Crippen molar-refractivity contribution in [3.8, 4) is 0 Å². The van der Waals surface area contributed by atoms with Crippen molar-refractivity contribution in [2.75, 3.05) is 6.61 Å². The van der Waals surface area contributed by atoms with Crippen LogP contribution in [0.1, 0.15) is 18.9 Å². The number of hydrogen-bond acceptors (Lipinski definition) is 2. The molecule has 0 saturated carbocycles. The van der Waals surface area contributed by atoms with Crippen LogP contribution in [0.25, 0.3) is 0 Å². The highest BCUT2D eigenvalue weighted by atomic mass is 35.5. The SMILES string of the molecule is CCCON=Cc1ccc(Cl)cc1. The topological polar surface area (TPSA) is 21.6 Å². The van der Waals surface area contributed by atoms with Gasteiger partial charge in [-0.15, -0.1) is 0 Å². The van der Waals surface area contributed by atoms with Gasteiger partial charge in [0.05, 0.1) is 6.21 Å². The van der Waals surface area contributed by atoms with E-state index in [-0.39, 0.29) is 0 Å². The zero-order chi connectivity index (χ0) is 9.52. The van der Waals surface area contributed by atoms with E-state index in [1.54, 1.807) is 6.21 Å². The van der Waals surface area contributed by atoms with E-state index in [1.165, 1.54) is 0 Å². The third-order valence-electron chi connectivity index (χ3n) is 1.44. The molecule has 0 radical (unpaired) electrons. The molecule has 0 atom stereocenters. The van der Waals surface area contributed by atoms with Gasteiger partial charge in [-0.2, -0.15) is 0 Å². The second-order valence-electron chi connectivity index (χ2n) is 2.62. The molecule has 0 N–H and O–H groups in total. The molecule has 0 heterocycles. The first-order valence-electron chi connectivity index (χ1n) is 4.24. The molecule has 3 heteroatoms. The quantitative estimate of drug-likeness (QED) is 0.413. The number of benzene rings is 1. The molecule has 0 fully saturated rings. The van der Waals surface area contributed by atoms with Crippen molar-refractivity contribution < 1.29 is 4.84 Å².